The fourth-order valence-electron chi connectivity index (χ4n) is 4.44. The predicted molar refractivity (Wildman–Crippen MR) is 100 cm³/mol. The van der Waals surface area contributed by atoms with E-state index in [1.54, 1.807) is 4.90 Å². The molecule has 0 radical (unpaired) electrons. The third-order valence-corrected chi connectivity index (χ3v) is 6.03. The lowest BCUT2D eigenvalue weighted by atomic mass is 9.92. The average molecular weight is 390 g/mol. The highest BCUT2D eigenvalue weighted by atomic mass is 19.1. The topological polar surface area (TPSA) is 59.1 Å². The number of nitrogens with zero attached hydrogens (tertiary/aromatic N) is 2. The molecule has 4 rings (SSSR count). The van der Waals surface area contributed by atoms with E-state index in [0.29, 0.717) is 37.8 Å². The molecule has 0 bridgehead atoms. The molecule has 0 aromatic heterocycles. The van der Waals surface area contributed by atoms with E-state index < -0.39 is 0 Å². The second-order valence-electron chi connectivity index (χ2n) is 7.87. The molecule has 3 aliphatic heterocycles. The van der Waals surface area contributed by atoms with Crippen LogP contribution in [0.5, 0.6) is 0 Å². The molecular weight excluding hydrogens is 363 g/mol. The summed E-state index contributed by atoms with van der Waals surface area (Å²) in [6.45, 7) is 3.82. The maximum Gasteiger partial charge on any atom is 0.253 e. The lowest BCUT2D eigenvalue weighted by molar-refractivity contribution is -0.142. The van der Waals surface area contributed by atoms with E-state index in [9.17, 15) is 14.0 Å². The molecule has 0 spiro atoms. The van der Waals surface area contributed by atoms with Crippen LogP contribution in [-0.4, -0.2) is 67.3 Å². The largest absolute Gasteiger partial charge is 0.350 e. The molecule has 1 unspecified atom stereocenters. The van der Waals surface area contributed by atoms with Crippen molar-refractivity contribution in [2.45, 2.75) is 32.0 Å². The van der Waals surface area contributed by atoms with Crippen LogP contribution >= 0.6 is 0 Å². The van der Waals surface area contributed by atoms with Gasteiger partial charge in [-0.1, -0.05) is 0 Å². The van der Waals surface area contributed by atoms with Crippen molar-refractivity contribution < 1.29 is 23.5 Å². The Kier molecular flexibility index (Phi) is 5.92. The molecule has 152 valence electrons. The van der Waals surface area contributed by atoms with E-state index >= 15 is 0 Å². The van der Waals surface area contributed by atoms with Crippen molar-refractivity contribution in [2.24, 2.45) is 11.8 Å². The van der Waals surface area contributed by atoms with Crippen molar-refractivity contribution in [3.8, 4) is 0 Å². The number of likely N-dealkylation sites (tertiary alicyclic amines) is 2. The van der Waals surface area contributed by atoms with Gasteiger partial charge in [0.05, 0.1) is 19.1 Å². The van der Waals surface area contributed by atoms with E-state index in [1.165, 1.54) is 24.3 Å². The van der Waals surface area contributed by atoms with E-state index in [1.807, 2.05) is 4.90 Å². The molecule has 28 heavy (non-hydrogen) atoms. The van der Waals surface area contributed by atoms with Gasteiger partial charge in [0.2, 0.25) is 5.91 Å². The van der Waals surface area contributed by atoms with Gasteiger partial charge in [0, 0.05) is 37.7 Å². The number of benzene rings is 1. The number of piperidine rings is 2. The second-order valence-corrected chi connectivity index (χ2v) is 7.87. The summed E-state index contributed by atoms with van der Waals surface area (Å²) in [6, 6.07) is 5.59. The minimum absolute atomic E-state index is 0.115. The summed E-state index contributed by atoms with van der Waals surface area (Å²) in [5.41, 5.74) is 0.465. The Morgan fingerprint density at radius 2 is 1.61 bits per heavy atom. The highest BCUT2D eigenvalue weighted by molar-refractivity contribution is 5.94. The number of hydrogen-bond acceptors (Lipinski definition) is 4. The van der Waals surface area contributed by atoms with Crippen LogP contribution in [0.4, 0.5) is 4.39 Å². The van der Waals surface area contributed by atoms with Gasteiger partial charge in [-0.15, -0.1) is 0 Å². The van der Waals surface area contributed by atoms with Crippen LogP contribution in [0, 0.1) is 17.7 Å². The lowest BCUT2D eigenvalue weighted by Gasteiger charge is -2.38. The van der Waals surface area contributed by atoms with Crippen molar-refractivity contribution in [1.29, 1.82) is 0 Å². The maximum atomic E-state index is 13.1. The second kappa shape index (κ2) is 8.57. The Morgan fingerprint density at radius 3 is 2.29 bits per heavy atom. The average Bonchev–Trinajstić information content (AvgIpc) is 3.28. The quantitative estimate of drug-likeness (QED) is 0.795. The zero-order valence-corrected chi connectivity index (χ0v) is 16.0. The Hall–Kier alpha value is -1.99. The number of ether oxygens (including phenoxy) is 2. The standard InChI is InChI=1S/C21H27FN2O4/c22-18-5-3-15(4-6-18)19(25)24-9-1-2-17(14-24)20(26)23-10-7-16(8-11-23)21-27-12-13-28-21/h3-6,16-17,21H,1-2,7-14H2. The molecule has 0 aliphatic carbocycles. The van der Waals surface area contributed by atoms with E-state index in [-0.39, 0.29) is 29.8 Å². The molecule has 2 amide bonds. The van der Waals surface area contributed by atoms with E-state index in [0.717, 1.165) is 38.8 Å². The van der Waals surface area contributed by atoms with Gasteiger partial charge in [-0.05, 0) is 49.9 Å². The molecule has 0 N–H and O–H groups in total. The van der Waals surface area contributed by atoms with Crippen molar-refractivity contribution in [1.82, 2.24) is 9.80 Å². The SMILES string of the molecule is O=C(c1ccc(F)cc1)N1CCCC(C(=O)N2CCC(C3OCCO3)CC2)C1. The molecule has 3 saturated heterocycles. The Bertz CT molecular complexity index is 697. The van der Waals surface area contributed by atoms with Gasteiger partial charge < -0.3 is 19.3 Å². The maximum absolute atomic E-state index is 13.1. The fourth-order valence-corrected chi connectivity index (χ4v) is 4.44. The van der Waals surface area contributed by atoms with Crippen LogP contribution in [0.2, 0.25) is 0 Å². The van der Waals surface area contributed by atoms with Crippen LogP contribution in [0.1, 0.15) is 36.0 Å². The molecule has 6 nitrogen and oxygen atoms in total. The highest BCUT2D eigenvalue weighted by Crippen LogP contribution is 2.28. The minimum atomic E-state index is -0.361. The van der Waals surface area contributed by atoms with Crippen LogP contribution < -0.4 is 0 Å². The summed E-state index contributed by atoms with van der Waals surface area (Å²) in [5.74, 6) is -0.154. The van der Waals surface area contributed by atoms with Gasteiger partial charge in [0.1, 0.15) is 5.82 Å². The van der Waals surface area contributed by atoms with Crippen molar-refractivity contribution in [3.63, 3.8) is 0 Å². The lowest BCUT2D eigenvalue weighted by Crippen LogP contribution is -2.49. The van der Waals surface area contributed by atoms with Gasteiger partial charge >= 0.3 is 0 Å². The zero-order valence-electron chi connectivity index (χ0n) is 16.0. The Morgan fingerprint density at radius 1 is 0.929 bits per heavy atom. The first-order valence-corrected chi connectivity index (χ1v) is 10.2. The highest BCUT2D eigenvalue weighted by Gasteiger charge is 2.35. The van der Waals surface area contributed by atoms with Gasteiger partial charge in [-0.3, -0.25) is 9.59 Å². The van der Waals surface area contributed by atoms with E-state index in [4.69, 9.17) is 9.47 Å². The van der Waals surface area contributed by atoms with E-state index in [2.05, 4.69) is 0 Å². The van der Waals surface area contributed by atoms with Gasteiger partial charge in [-0.25, -0.2) is 4.39 Å². The molecule has 3 fully saturated rings. The van der Waals surface area contributed by atoms with Crippen molar-refractivity contribution in [3.05, 3.63) is 35.6 Å². The summed E-state index contributed by atoms with van der Waals surface area (Å²) < 4.78 is 24.3. The molecule has 1 aromatic carbocycles. The molecule has 3 aliphatic rings. The zero-order chi connectivity index (χ0) is 19.5. The molecule has 1 aromatic rings. The van der Waals surface area contributed by atoms with Gasteiger partial charge in [0.25, 0.3) is 5.91 Å². The molecule has 1 atom stereocenters. The van der Waals surface area contributed by atoms with Crippen LogP contribution in [-0.2, 0) is 14.3 Å². The first-order valence-electron chi connectivity index (χ1n) is 10.2. The van der Waals surface area contributed by atoms with Crippen LogP contribution in [0.15, 0.2) is 24.3 Å². The first kappa shape index (κ1) is 19.3. The summed E-state index contributed by atoms with van der Waals surface area (Å²) >= 11 is 0. The summed E-state index contributed by atoms with van der Waals surface area (Å²) in [7, 11) is 0. The van der Waals surface area contributed by atoms with Gasteiger partial charge in [0.15, 0.2) is 6.29 Å². The number of carbonyl (C=O) groups is 2. The summed E-state index contributed by atoms with van der Waals surface area (Å²) in [6.07, 6.45) is 3.28. The monoisotopic (exact) mass is 390 g/mol. The van der Waals surface area contributed by atoms with Gasteiger partial charge in [-0.2, -0.15) is 0 Å². The normalized spacial score (nSPS) is 24.5. The minimum Gasteiger partial charge on any atom is -0.350 e. The smallest absolute Gasteiger partial charge is 0.253 e. The van der Waals surface area contributed by atoms with Crippen LogP contribution in [0.3, 0.4) is 0 Å². The number of amides is 2. The number of hydrogen-bond donors (Lipinski definition) is 0. The Balaban J connectivity index is 1.32. The molecular formula is C21H27FN2O4. The third kappa shape index (κ3) is 4.20. The first-order chi connectivity index (χ1) is 13.6. The van der Waals surface area contributed by atoms with Crippen molar-refractivity contribution in [2.75, 3.05) is 39.4 Å². The Labute approximate surface area is 164 Å². The summed E-state index contributed by atoms with van der Waals surface area (Å²) in [5, 5.41) is 0. The molecule has 0 saturated carbocycles. The van der Waals surface area contributed by atoms with Crippen molar-refractivity contribution >= 4 is 11.8 Å². The number of carbonyl (C=O) groups excluding carboxylic acids is 2. The number of halogens is 1. The van der Waals surface area contributed by atoms with Crippen LogP contribution in [0.25, 0.3) is 0 Å². The molecule has 7 heteroatoms. The summed E-state index contributed by atoms with van der Waals surface area (Å²) in [4.78, 5) is 29.4. The fraction of sp³-hybridized carbons (Fsp3) is 0.619. The number of rotatable bonds is 3. The third-order valence-electron chi connectivity index (χ3n) is 6.03. The molecule has 3 heterocycles. The predicted octanol–water partition coefficient (Wildman–Crippen LogP) is 2.29.